The zero-order valence-electron chi connectivity index (χ0n) is 16.9. The van der Waals surface area contributed by atoms with Crippen LogP contribution in [0.1, 0.15) is 38.8 Å². The summed E-state index contributed by atoms with van der Waals surface area (Å²) in [6.07, 6.45) is 4.34. The molecule has 0 saturated carbocycles. The highest BCUT2D eigenvalue weighted by atomic mass is 35.5. The molecule has 3 aromatic rings. The van der Waals surface area contributed by atoms with Crippen molar-refractivity contribution in [3.05, 3.63) is 98.8 Å². The Labute approximate surface area is 189 Å². The molecule has 3 heterocycles. The van der Waals surface area contributed by atoms with Crippen molar-refractivity contribution in [3.63, 3.8) is 0 Å². The van der Waals surface area contributed by atoms with Gasteiger partial charge in [-0.15, -0.1) is 0 Å². The molecule has 0 aliphatic carbocycles. The van der Waals surface area contributed by atoms with E-state index in [9.17, 15) is 4.79 Å². The van der Waals surface area contributed by atoms with Crippen LogP contribution in [0.25, 0.3) is 5.69 Å². The Morgan fingerprint density at radius 3 is 2.52 bits per heavy atom. The monoisotopic (exact) mass is 448 g/mol. The predicted molar refractivity (Wildman–Crippen MR) is 124 cm³/mol. The lowest BCUT2D eigenvalue weighted by Crippen LogP contribution is -2.36. The third kappa shape index (κ3) is 3.21. The second-order valence-electron chi connectivity index (χ2n) is 7.57. The van der Waals surface area contributed by atoms with E-state index in [1.165, 1.54) is 0 Å². The topological polar surface area (TPSA) is 50.5 Å². The Balaban J connectivity index is 1.81. The van der Waals surface area contributed by atoms with E-state index < -0.39 is 0 Å². The van der Waals surface area contributed by atoms with Crippen LogP contribution in [-0.4, -0.2) is 26.8 Å². The molecule has 31 heavy (non-hydrogen) atoms. The van der Waals surface area contributed by atoms with Crippen molar-refractivity contribution >= 4 is 41.1 Å². The van der Waals surface area contributed by atoms with Crippen LogP contribution in [0.2, 0.25) is 0 Å². The van der Waals surface area contributed by atoms with Crippen LogP contribution in [0.4, 0.5) is 5.82 Å². The highest BCUT2D eigenvalue weighted by Crippen LogP contribution is 2.45. The van der Waals surface area contributed by atoms with Gasteiger partial charge in [0.25, 0.3) is 0 Å². The van der Waals surface area contributed by atoms with Crippen molar-refractivity contribution in [1.82, 2.24) is 14.7 Å². The molecule has 5 nitrogen and oxygen atoms in total. The highest BCUT2D eigenvalue weighted by Gasteiger charge is 2.38. The van der Waals surface area contributed by atoms with Gasteiger partial charge in [-0.2, -0.15) is 5.10 Å². The Hall–Kier alpha value is -3.15. The SMILES string of the molecule is Cc1ccc(-n2nc(C)c3c2N=C2C(Cl)=CC(Cl)=CN2[C@H]3c2ccccc2C=O)cc1. The molecule has 0 bridgehead atoms. The van der Waals surface area contributed by atoms with Gasteiger partial charge in [0.1, 0.15) is 6.29 Å². The summed E-state index contributed by atoms with van der Waals surface area (Å²) in [7, 11) is 0. The van der Waals surface area contributed by atoms with Crippen molar-refractivity contribution in [3.8, 4) is 5.69 Å². The first-order valence-corrected chi connectivity index (χ1v) is 10.6. The minimum absolute atomic E-state index is 0.348. The van der Waals surface area contributed by atoms with Gasteiger partial charge < -0.3 is 4.90 Å². The number of aryl methyl sites for hydroxylation is 2. The number of carbonyl (C=O) groups is 1. The van der Waals surface area contributed by atoms with E-state index in [0.29, 0.717) is 27.3 Å². The zero-order valence-corrected chi connectivity index (χ0v) is 18.4. The highest BCUT2D eigenvalue weighted by molar-refractivity contribution is 6.45. The van der Waals surface area contributed by atoms with E-state index in [0.717, 1.165) is 34.4 Å². The first kappa shape index (κ1) is 19.8. The van der Waals surface area contributed by atoms with Crippen molar-refractivity contribution in [2.75, 3.05) is 0 Å². The molecule has 0 N–H and O–H groups in total. The smallest absolute Gasteiger partial charge is 0.164 e. The van der Waals surface area contributed by atoms with Gasteiger partial charge in [0.2, 0.25) is 0 Å². The van der Waals surface area contributed by atoms with Crippen LogP contribution in [-0.2, 0) is 0 Å². The fourth-order valence-corrected chi connectivity index (χ4v) is 4.61. The molecule has 0 spiro atoms. The van der Waals surface area contributed by atoms with Gasteiger partial charge in [0.15, 0.2) is 11.7 Å². The molecule has 1 aromatic heterocycles. The normalized spacial score (nSPS) is 17.4. The third-order valence-electron chi connectivity index (χ3n) is 5.53. The maximum absolute atomic E-state index is 11.9. The van der Waals surface area contributed by atoms with Crippen LogP contribution in [0.15, 0.2) is 75.9 Å². The molecule has 1 atom stereocenters. The van der Waals surface area contributed by atoms with Gasteiger partial charge in [-0.05, 0) is 37.6 Å². The molecule has 0 amide bonds. The minimum Gasteiger partial charge on any atom is -0.318 e. The van der Waals surface area contributed by atoms with Gasteiger partial charge in [0, 0.05) is 17.3 Å². The maximum Gasteiger partial charge on any atom is 0.164 e. The Kier molecular flexibility index (Phi) is 4.80. The number of aliphatic imine (C=N–C) groups is 1. The lowest BCUT2D eigenvalue weighted by Gasteiger charge is -2.37. The number of benzene rings is 2. The van der Waals surface area contributed by atoms with E-state index in [1.807, 2.05) is 65.9 Å². The quantitative estimate of drug-likeness (QED) is 0.464. The van der Waals surface area contributed by atoms with E-state index in [2.05, 4.69) is 0 Å². The minimum atomic E-state index is -0.348. The molecule has 0 fully saturated rings. The number of hydrogen-bond donors (Lipinski definition) is 0. The third-order valence-corrected chi connectivity index (χ3v) is 6.01. The van der Waals surface area contributed by atoms with E-state index in [1.54, 1.807) is 18.3 Å². The zero-order chi connectivity index (χ0) is 21.7. The predicted octanol–water partition coefficient (Wildman–Crippen LogP) is 5.95. The number of hydrogen-bond acceptors (Lipinski definition) is 4. The summed E-state index contributed by atoms with van der Waals surface area (Å²) >= 11 is 12.9. The number of rotatable bonds is 3. The number of fused-ring (bicyclic) bond motifs is 2. The van der Waals surface area contributed by atoms with Crippen LogP contribution < -0.4 is 0 Å². The fraction of sp³-hybridized carbons (Fsp3) is 0.125. The van der Waals surface area contributed by atoms with Crippen molar-refractivity contribution in [1.29, 1.82) is 0 Å². The van der Waals surface area contributed by atoms with Crippen LogP contribution >= 0.6 is 23.2 Å². The Morgan fingerprint density at radius 2 is 1.77 bits per heavy atom. The molecule has 7 heteroatoms. The summed E-state index contributed by atoms with van der Waals surface area (Å²) in [6, 6.07) is 15.3. The number of halogens is 2. The second kappa shape index (κ2) is 7.52. The van der Waals surface area contributed by atoms with Crippen LogP contribution in [0.5, 0.6) is 0 Å². The lowest BCUT2D eigenvalue weighted by atomic mass is 9.91. The summed E-state index contributed by atoms with van der Waals surface area (Å²) < 4.78 is 1.83. The summed E-state index contributed by atoms with van der Waals surface area (Å²) in [6.45, 7) is 3.99. The molecule has 154 valence electrons. The van der Waals surface area contributed by atoms with Crippen LogP contribution in [0.3, 0.4) is 0 Å². The number of allylic oxidation sites excluding steroid dienone is 2. The average Bonchev–Trinajstić information content (AvgIpc) is 3.09. The van der Waals surface area contributed by atoms with E-state index >= 15 is 0 Å². The molecular formula is C24H18Cl2N4O. The summed E-state index contributed by atoms with van der Waals surface area (Å²) in [5, 5.41) is 5.73. The molecule has 2 aromatic carbocycles. The van der Waals surface area contributed by atoms with Gasteiger partial charge in [-0.25, -0.2) is 9.67 Å². The molecule has 0 saturated heterocycles. The number of carbonyl (C=O) groups excluding carboxylic acids is 1. The van der Waals surface area contributed by atoms with Gasteiger partial charge in [-0.1, -0.05) is 65.2 Å². The summed E-state index contributed by atoms with van der Waals surface area (Å²) in [4.78, 5) is 18.7. The Bertz CT molecular complexity index is 1300. The lowest BCUT2D eigenvalue weighted by molar-refractivity contribution is 0.112. The molecule has 2 aliphatic heterocycles. The average molecular weight is 449 g/mol. The standard InChI is InChI=1S/C24H18Cl2N4O/c1-14-7-9-18(10-8-14)30-24-21(15(2)28-30)22(19-6-4-3-5-16(19)13-31)29-12-17(25)11-20(26)23(29)27-24/h3-13,22H,1-2H3/t22-/m0/s1. The maximum atomic E-state index is 11.9. The number of aldehydes is 1. The number of nitrogens with zero attached hydrogens (tertiary/aromatic N) is 4. The van der Waals surface area contributed by atoms with Crippen molar-refractivity contribution < 1.29 is 4.79 Å². The van der Waals surface area contributed by atoms with Crippen molar-refractivity contribution in [2.45, 2.75) is 19.9 Å². The van der Waals surface area contributed by atoms with Gasteiger partial charge in [-0.3, -0.25) is 4.79 Å². The van der Waals surface area contributed by atoms with E-state index in [-0.39, 0.29) is 6.04 Å². The fourth-order valence-electron chi connectivity index (χ4n) is 4.08. The van der Waals surface area contributed by atoms with E-state index in [4.69, 9.17) is 33.3 Å². The first-order chi connectivity index (χ1) is 15.0. The molecule has 5 rings (SSSR count). The molecule has 2 aliphatic rings. The van der Waals surface area contributed by atoms with Gasteiger partial charge in [0.05, 0.1) is 27.5 Å². The Morgan fingerprint density at radius 1 is 1.03 bits per heavy atom. The first-order valence-electron chi connectivity index (χ1n) is 9.80. The second-order valence-corrected chi connectivity index (χ2v) is 8.41. The largest absolute Gasteiger partial charge is 0.318 e. The molecule has 0 radical (unpaired) electrons. The number of amidine groups is 1. The molecular weight excluding hydrogens is 431 g/mol. The molecule has 0 unspecified atom stereocenters. The van der Waals surface area contributed by atoms with Gasteiger partial charge >= 0.3 is 0 Å². The summed E-state index contributed by atoms with van der Waals surface area (Å²) in [5.41, 5.74) is 5.22. The summed E-state index contributed by atoms with van der Waals surface area (Å²) in [5.74, 6) is 1.26. The number of aromatic nitrogens is 2. The van der Waals surface area contributed by atoms with Crippen molar-refractivity contribution in [2.24, 2.45) is 4.99 Å². The van der Waals surface area contributed by atoms with Crippen LogP contribution in [0, 0.1) is 13.8 Å².